The Morgan fingerprint density at radius 3 is 2.90 bits per heavy atom. The van der Waals surface area contributed by atoms with E-state index in [4.69, 9.17) is 0 Å². The molecule has 2 bridgehead atoms. The third-order valence-corrected chi connectivity index (χ3v) is 4.90. The number of hydrogen-bond acceptors (Lipinski definition) is 4. The zero-order valence-corrected chi connectivity index (χ0v) is 11.7. The largest absolute Gasteiger partial charge is 0.382 e. The molecule has 5 heteroatoms. The summed E-state index contributed by atoms with van der Waals surface area (Å²) in [7, 11) is 0. The number of tetrazole rings is 1. The SMILES string of the molecule is Cc1ccc(NC2CC3CCC2C3)cc1-n1cnnn1. The zero-order valence-electron chi connectivity index (χ0n) is 11.7. The van der Waals surface area contributed by atoms with Gasteiger partial charge >= 0.3 is 0 Å². The van der Waals surface area contributed by atoms with Crippen LogP contribution in [0.4, 0.5) is 5.69 Å². The Hall–Kier alpha value is -1.91. The molecule has 104 valence electrons. The highest BCUT2D eigenvalue weighted by molar-refractivity contribution is 5.55. The standard InChI is InChI=1S/C15H19N5/c1-10-2-5-13(8-15(10)20-9-16-18-19-20)17-14-7-11-3-4-12(14)6-11/h2,5,8-9,11-12,14,17H,3-4,6-7H2,1H3. The second-order valence-electron chi connectivity index (χ2n) is 6.18. The molecule has 4 rings (SSSR count). The van der Waals surface area contributed by atoms with Gasteiger partial charge in [0.25, 0.3) is 0 Å². The average Bonchev–Trinajstić information content (AvgIpc) is 3.17. The lowest BCUT2D eigenvalue weighted by atomic mass is 9.95. The molecule has 1 heterocycles. The van der Waals surface area contributed by atoms with Gasteiger partial charge in [-0.2, -0.15) is 0 Å². The van der Waals surface area contributed by atoms with Gasteiger partial charge < -0.3 is 5.32 Å². The van der Waals surface area contributed by atoms with Crippen LogP contribution in [0, 0.1) is 18.8 Å². The number of benzene rings is 1. The lowest BCUT2D eigenvalue weighted by Crippen LogP contribution is -2.25. The van der Waals surface area contributed by atoms with Gasteiger partial charge in [0.1, 0.15) is 6.33 Å². The van der Waals surface area contributed by atoms with Crippen LogP contribution in [0.3, 0.4) is 0 Å². The third kappa shape index (κ3) is 1.97. The maximum absolute atomic E-state index is 3.99. The monoisotopic (exact) mass is 269 g/mol. The van der Waals surface area contributed by atoms with Crippen molar-refractivity contribution in [3.05, 3.63) is 30.1 Å². The van der Waals surface area contributed by atoms with Gasteiger partial charge in [-0.15, -0.1) is 5.10 Å². The molecule has 0 radical (unpaired) electrons. The van der Waals surface area contributed by atoms with Gasteiger partial charge in [-0.1, -0.05) is 12.5 Å². The molecule has 2 saturated carbocycles. The van der Waals surface area contributed by atoms with E-state index in [1.54, 1.807) is 11.0 Å². The molecule has 1 N–H and O–H groups in total. The molecule has 20 heavy (non-hydrogen) atoms. The molecule has 2 aliphatic rings. The summed E-state index contributed by atoms with van der Waals surface area (Å²) >= 11 is 0. The quantitative estimate of drug-likeness (QED) is 0.930. The number of hydrogen-bond donors (Lipinski definition) is 1. The molecule has 2 aromatic rings. The smallest absolute Gasteiger partial charge is 0.143 e. The Kier molecular flexibility index (Phi) is 2.72. The maximum atomic E-state index is 3.99. The summed E-state index contributed by atoms with van der Waals surface area (Å²) in [4.78, 5) is 0. The Labute approximate surface area is 118 Å². The molecule has 0 saturated heterocycles. The van der Waals surface area contributed by atoms with Crippen molar-refractivity contribution in [3.63, 3.8) is 0 Å². The number of aryl methyl sites for hydroxylation is 1. The Morgan fingerprint density at radius 1 is 1.25 bits per heavy atom. The van der Waals surface area contributed by atoms with Crippen molar-refractivity contribution >= 4 is 5.69 Å². The average molecular weight is 269 g/mol. The molecular formula is C15H19N5. The van der Waals surface area contributed by atoms with Crippen LogP contribution in [-0.2, 0) is 0 Å². The lowest BCUT2D eigenvalue weighted by molar-refractivity contribution is 0.440. The van der Waals surface area contributed by atoms with Crippen LogP contribution in [0.1, 0.15) is 31.2 Å². The molecule has 0 spiro atoms. The molecule has 3 unspecified atom stereocenters. The fraction of sp³-hybridized carbons (Fsp3) is 0.533. The highest BCUT2D eigenvalue weighted by Gasteiger charge is 2.39. The van der Waals surface area contributed by atoms with Gasteiger partial charge in [0, 0.05) is 11.7 Å². The van der Waals surface area contributed by atoms with E-state index in [0.29, 0.717) is 6.04 Å². The van der Waals surface area contributed by atoms with Crippen molar-refractivity contribution in [2.75, 3.05) is 5.32 Å². The molecule has 1 aromatic heterocycles. The first-order chi connectivity index (χ1) is 9.79. The molecular weight excluding hydrogens is 250 g/mol. The summed E-state index contributed by atoms with van der Waals surface area (Å²) in [5, 5.41) is 15.1. The van der Waals surface area contributed by atoms with Gasteiger partial charge in [0.15, 0.2) is 0 Å². The number of aromatic nitrogens is 4. The maximum Gasteiger partial charge on any atom is 0.143 e. The van der Waals surface area contributed by atoms with E-state index in [1.807, 2.05) is 0 Å². The summed E-state index contributed by atoms with van der Waals surface area (Å²) < 4.78 is 1.72. The summed E-state index contributed by atoms with van der Waals surface area (Å²) in [6.45, 7) is 2.08. The Morgan fingerprint density at radius 2 is 2.20 bits per heavy atom. The minimum Gasteiger partial charge on any atom is -0.382 e. The summed E-state index contributed by atoms with van der Waals surface area (Å²) in [6, 6.07) is 7.09. The van der Waals surface area contributed by atoms with Crippen molar-refractivity contribution in [1.82, 2.24) is 20.2 Å². The minimum atomic E-state index is 0.651. The number of nitrogens with one attached hydrogen (secondary N) is 1. The number of nitrogens with zero attached hydrogens (tertiary/aromatic N) is 4. The van der Waals surface area contributed by atoms with E-state index < -0.39 is 0 Å². The van der Waals surface area contributed by atoms with Crippen molar-refractivity contribution in [1.29, 1.82) is 0 Å². The fourth-order valence-electron chi connectivity index (χ4n) is 3.85. The lowest BCUT2D eigenvalue weighted by Gasteiger charge is -2.24. The minimum absolute atomic E-state index is 0.651. The number of rotatable bonds is 3. The topological polar surface area (TPSA) is 55.6 Å². The van der Waals surface area contributed by atoms with E-state index in [9.17, 15) is 0 Å². The number of fused-ring (bicyclic) bond motifs is 2. The van der Waals surface area contributed by atoms with Gasteiger partial charge in [-0.25, -0.2) is 4.68 Å². The van der Waals surface area contributed by atoms with E-state index in [2.05, 4.69) is 46.0 Å². The van der Waals surface area contributed by atoms with E-state index in [0.717, 1.165) is 17.5 Å². The first-order valence-electron chi connectivity index (χ1n) is 7.40. The second kappa shape index (κ2) is 4.58. The Balaban J connectivity index is 1.58. The van der Waals surface area contributed by atoms with Crippen LogP contribution in [-0.4, -0.2) is 26.2 Å². The molecule has 3 atom stereocenters. The molecule has 0 amide bonds. The van der Waals surface area contributed by atoms with Gasteiger partial charge in [0.05, 0.1) is 5.69 Å². The van der Waals surface area contributed by atoms with E-state index >= 15 is 0 Å². The molecule has 2 fully saturated rings. The Bertz CT molecular complexity index is 607. The van der Waals surface area contributed by atoms with Crippen molar-refractivity contribution < 1.29 is 0 Å². The van der Waals surface area contributed by atoms with Gasteiger partial charge in [-0.3, -0.25) is 0 Å². The van der Waals surface area contributed by atoms with Crippen molar-refractivity contribution in [3.8, 4) is 5.69 Å². The van der Waals surface area contributed by atoms with Gasteiger partial charge in [0.2, 0.25) is 0 Å². The summed E-state index contributed by atoms with van der Waals surface area (Å²) in [5.74, 6) is 1.83. The van der Waals surface area contributed by atoms with E-state index in [-0.39, 0.29) is 0 Å². The van der Waals surface area contributed by atoms with Crippen LogP contribution < -0.4 is 5.32 Å². The predicted molar refractivity (Wildman–Crippen MR) is 76.7 cm³/mol. The first-order valence-corrected chi connectivity index (χ1v) is 7.40. The first kappa shape index (κ1) is 11.9. The second-order valence-corrected chi connectivity index (χ2v) is 6.18. The summed E-state index contributed by atoms with van der Waals surface area (Å²) in [6.07, 6.45) is 7.23. The number of anilines is 1. The molecule has 5 nitrogen and oxygen atoms in total. The van der Waals surface area contributed by atoms with Gasteiger partial charge in [-0.05, 0) is 66.1 Å². The van der Waals surface area contributed by atoms with Crippen LogP contribution in [0.25, 0.3) is 5.69 Å². The predicted octanol–water partition coefficient (Wildman–Crippen LogP) is 2.57. The molecule has 2 aliphatic carbocycles. The fourth-order valence-corrected chi connectivity index (χ4v) is 3.85. The highest BCUT2D eigenvalue weighted by Crippen LogP contribution is 2.45. The molecule has 1 aromatic carbocycles. The third-order valence-electron chi connectivity index (χ3n) is 4.90. The van der Waals surface area contributed by atoms with Crippen molar-refractivity contribution in [2.45, 2.75) is 38.6 Å². The van der Waals surface area contributed by atoms with Crippen LogP contribution in [0.5, 0.6) is 0 Å². The summed E-state index contributed by atoms with van der Waals surface area (Å²) in [5.41, 5.74) is 3.40. The highest BCUT2D eigenvalue weighted by atomic mass is 15.5. The zero-order chi connectivity index (χ0) is 13.5. The van der Waals surface area contributed by atoms with Crippen molar-refractivity contribution in [2.24, 2.45) is 11.8 Å². The van der Waals surface area contributed by atoms with Crippen LogP contribution in [0.2, 0.25) is 0 Å². The normalized spacial score (nSPS) is 27.9. The molecule has 0 aliphatic heterocycles. The van der Waals surface area contributed by atoms with E-state index in [1.165, 1.54) is 36.9 Å². The van der Waals surface area contributed by atoms with Crippen LogP contribution in [0.15, 0.2) is 24.5 Å². The van der Waals surface area contributed by atoms with Crippen LogP contribution >= 0.6 is 0 Å².